The van der Waals surface area contributed by atoms with E-state index < -0.39 is 47.1 Å². The van der Waals surface area contributed by atoms with Crippen LogP contribution in [0.3, 0.4) is 0 Å². The van der Waals surface area contributed by atoms with Gasteiger partial charge in [-0.15, -0.1) is 0 Å². The SMILES string of the molecule is C[C@]1(C(N)=O)COc2c1cc(C(O)(CNC(=O)c1cnc3ncccn13)C(F)(F)F)nc2-c1ccc(F)cc1. The first-order valence-corrected chi connectivity index (χ1v) is 11.5. The van der Waals surface area contributed by atoms with Crippen LogP contribution in [0.15, 0.2) is 55.0 Å². The van der Waals surface area contributed by atoms with Crippen molar-refractivity contribution in [2.45, 2.75) is 24.1 Å². The highest BCUT2D eigenvalue weighted by Gasteiger charge is 2.57. The van der Waals surface area contributed by atoms with Gasteiger partial charge >= 0.3 is 6.18 Å². The first-order chi connectivity index (χ1) is 18.3. The third-order valence-electron chi connectivity index (χ3n) is 6.65. The monoisotopic (exact) mass is 544 g/mol. The first kappa shape index (κ1) is 26.0. The standard InChI is InChI=1S/C25H20F4N6O4/c1-23(21(30)37)12-39-19-15(23)9-17(34-18(19)13-3-5-14(26)6-4-13)24(38,25(27,28)29)11-33-20(36)16-10-32-22-31-7-2-8-35(16)22/h2-10,38H,11-12H2,1H3,(H2,30,37)(H,33,36)/t23-,24?/m0/s1. The number of hydrogen-bond acceptors (Lipinski definition) is 7. The molecule has 1 aromatic carbocycles. The molecular formula is C25H20F4N6O4. The number of nitrogens with zero attached hydrogens (tertiary/aromatic N) is 4. The molecule has 2 amide bonds. The summed E-state index contributed by atoms with van der Waals surface area (Å²) in [4.78, 5) is 37.0. The zero-order valence-corrected chi connectivity index (χ0v) is 20.2. The molecule has 4 heterocycles. The van der Waals surface area contributed by atoms with Gasteiger partial charge in [-0.25, -0.2) is 19.3 Å². The molecule has 1 unspecified atom stereocenters. The van der Waals surface area contributed by atoms with Crippen LogP contribution < -0.4 is 15.8 Å². The number of rotatable bonds is 6. The number of alkyl halides is 3. The highest BCUT2D eigenvalue weighted by molar-refractivity contribution is 5.93. The van der Waals surface area contributed by atoms with Crippen LogP contribution in [0.5, 0.6) is 5.75 Å². The molecule has 0 fully saturated rings. The number of fused-ring (bicyclic) bond motifs is 2. The van der Waals surface area contributed by atoms with Crippen molar-refractivity contribution in [3.8, 4) is 17.0 Å². The summed E-state index contributed by atoms with van der Waals surface area (Å²) in [5.41, 5.74) is -0.810. The maximum atomic E-state index is 14.5. The van der Waals surface area contributed by atoms with Crippen molar-refractivity contribution in [1.29, 1.82) is 0 Å². The molecule has 202 valence electrons. The predicted octanol–water partition coefficient (Wildman–Crippen LogP) is 2.25. The van der Waals surface area contributed by atoms with Gasteiger partial charge in [0.15, 0.2) is 0 Å². The summed E-state index contributed by atoms with van der Waals surface area (Å²) in [5.74, 6) is -2.34. The van der Waals surface area contributed by atoms with Crippen LogP contribution in [-0.2, 0) is 15.8 Å². The van der Waals surface area contributed by atoms with Crippen LogP contribution in [0.25, 0.3) is 17.0 Å². The molecule has 2 atom stereocenters. The van der Waals surface area contributed by atoms with Crippen molar-refractivity contribution < 1.29 is 37.0 Å². The Hall–Kier alpha value is -4.59. The van der Waals surface area contributed by atoms with E-state index in [1.54, 1.807) is 0 Å². The molecule has 0 aliphatic carbocycles. The minimum Gasteiger partial charge on any atom is -0.489 e. The zero-order chi connectivity index (χ0) is 28.2. The number of imidazole rings is 1. The van der Waals surface area contributed by atoms with Crippen molar-refractivity contribution in [2.24, 2.45) is 5.73 Å². The summed E-state index contributed by atoms with van der Waals surface area (Å²) in [7, 11) is 0. The Morgan fingerprint density at radius 2 is 1.95 bits per heavy atom. The van der Waals surface area contributed by atoms with Crippen molar-refractivity contribution in [1.82, 2.24) is 24.7 Å². The van der Waals surface area contributed by atoms with Crippen molar-refractivity contribution in [3.05, 3.63) is 77.8 Å². The summed E-state index contributed by atoms with van der Waals surface area (Å²) in [6.07, 6.45) is -1.35. The maximum Gasteiger partial charge on any atom is 0.424 e. The fourth-order valence-corrected chi connectivity index (χ4v) is 4.23. The minimum absolute atomic E-state index is 0.0292. The van der Waals surface area contributed by atoms with Crippen LogP contribution >= 0.6 is 0 Å². The van der Waals surface area contributed by atoms with E-state index in [9.17, 15) is 32.3 Å². The minimum atomic E-state index is -5.34. The van der Waals surface area contributed by atoms with Gasteiger partial charge in [0, 0.05) is 23.5 Å². The lowest BCUT2D eigenvalue weighted by molar-refractivity contribution is -0.265. The topological polar surface area (TPSA) is 145 Å². The maximum absolute atomic E-state index is 14.5. The van der Waals surface area contributed by atoms with E-state index in [1.165, 1.54) is 41.9 Å². The summed E-state index contributed by atoms with van der Waals surface area (Å²) >= 11 is 0. The van der Waals surface area contributed by atoms with Gasteiger partial charge in [0.05, 0.1) is 18.4 Å². The van der Waals surface area contributed by atoms with E-state index in [0.717, 1.165) is 24.4 Å². The molecule has 10 nitrogen and oxygen atoms in total. The van der Waals surface area contributed by atoms with E-state index in [-0.39, 0.29) is 40.6 Å². The van der Waals surface area contributed by atoms with Crippen LogP contribution in [0, 0.1) is 5.82 Å². The average molecular weight is 544 g/mol. The highest BCUT2D eigenvalue weighted by atomic mass is 19.4. The molecule has 0 spiro atoms. The second-order valence-corrected chi connectivity index (χ2v) is 9.20. The number of benzene rings is 1. The number of halogens is 4. The third-order valence-corrected chi connectivity index (χ3v) is 6.65. The Kier molecular flexibility index (Phi) is 6.01. The van der Waals surface area contributed by atoms with Crippen LogP contribution in [0.4, 0.5) is 17.6 Å². The number of primary amides is 1. The smallest absolute Gasteiger partial charge is 0.424 e. The van der Waals surface area contributed by atoms with E-state index in [2.05, 4.69) is 20.3 Å². The molecule has 4 N–H and O–H groups in total. The Labute approximate surface area is 217 Å². The number of hydrogen-bond donors (Lipinski definition) is 3. The van der Waals surface area contributed by atoms with Gasteiger partial charge < -0.3 is 20.9 Å². The number of aliphatic hydroxyl groups is 1. The Morgan fingerprint density at radius 1 is 1.23 bits per heavy atom. The van der Waals surface area contributed by atoms with Gasteiger partial charge in [0.2, 0.25) is 17.3 Å². The lowest BCUT2D eigenvalue weighted by Crippen LogP contribution is -2.52. The third kappa shape index (κ3) is 4.22. The number of nitrogens with two attached hydrogens (primary N) is 1. The average Bonchev–Trinajstić information content (AvgIpc) is 3.49. The quantitative estimate of drug-likeness (QED) is 0.316. The van der Waals surface area contributed by atoms with E-state index >= 15 is 0 Å². The Morgan fingerprint density at radius 3 is 2.62 bits per heavy atom. The van der Waals surface area contributed by atoms with Gasteiger partial charge in [-0.05, 0) is 43.3 Å². The molecule has 0 bridgehead atoms. The molecule has 1 aliphatic heterocycles. The van der Waals surface area contributed by atoms with Crippen molar-refractivity contribution >= 4 is 17.6 Å². The normalized spacial score (nSPS) is 18.3. The molecule has 1 aliphatic rings. The summed E-state index contributed by atoms with van der Waals surface area (Å²) in [6, 6.07) is 7.05. The van der Waals surface area contributed by atoms with E-state index in [1.807, 2.05) is 0 Å². The molecule has 4 aromatic rings. The number of amides is 2. The molecular weight excluding hydrogens is 524 g/mol. The van der Waals surface area contributed by atoms with Crippen LogP contribution in [-0.4, -0.2) is 55.6 Å². The number of ether oxygens (including phenoxy) is 1. The Bertz CT molecular complexity index is 1610. The first-order valence-electron chi connectivity index (χ1n) is 11.5. The fraction of sp³-hybridized carbons (Fsp3) is 0.240. The molecule has 14 heteroatoms. The molecule has 5 rings (SSSR count). The number of pyridine rings is 1. The lowest BCUT2D eigenvalue weighted by Gasteiger charge is -2.31. The van der Waals surface area contributed by atoms with Gasteiger partial charge in [0.1, 0.15) is 35.0 Å². The van der Waals surface area contributed by atoms with Gasteiger partial charge in [-0.3, -0.25) is 14.0 Å². The Balaban J connectivity index is 1.61. The van der Waals surface area contributed by atoms with E-state index in [0.29, 0.717) is 0 Å². The predicted molar refractivity (Wildman–Crippen MR) is 127 cm³/mol. The zero-order valence-electron chi connectivity index (χ0n) is 20.2. The molecule has 0 radical (unpaired) electrons. The van der Waals surface area contributed by atoms with Crippen LogP contribution in [0.1, 0.15) is 28.7 Å². The van der Waals surface area contributed by atoms with Gasteiger partial charge in [-0.2, -0.15) is 13.2 Å². The summed E-state index contributed by atoms with van der Waals surface area (Å²) in [6.45, 7) is -0.251. The molecule has 39 heavy (non-hydrogen) atoms. The van der Waals surface area contributed by atoms with E-state index in [4.69, 9.17) is 10.5 Å². The number of nitrogens with one attached hydrogen (secondary N) is 1. The largest absolute Gasteiger partial charge is 0.489 e. The second-order valence-electron chi connectivity index (χ2n) is 9.20. The number of aromatic nitrogens is 4. The van der Waals surface area contributed by atoms with Gasteiger partial charge in [0.25, 0.3) is 5.91 Å². The second kappa shape index (κ2) is 9.01. The van der Waals surface area contributed by atoms with Gasteiger partial charge in [-0.1, -0.05) is 0 Å². The molecule has 3 aromatic heterocycles. The molecule has 0 saturated carbocycles. The molecule has 0 saturated heterocycles. The highest BCUT2D eigenvalue weighted by Crippen LogP contribution is 2.47. The summed E-state index contributed by atoms with van der Waals surface area (Å²) < 4.78 is 63.9. The summed E-state index contributed by atoms with van der Waals surface area (Å²) in [5, 5.41) is 13.2. The van der Waals surface area contributed by atoms with Crippen molar-refractivity contribution in [3.63, 3.8) is 0 Å². The number of carbonyl (C=O) groups excluding carboxylic acids is 2. The van der Waals surface area contributed by atoms with Crippen molar-refractivity contribution in [2.75, 3.05) is 13.2 Å². The number of carbonyl (C=O) groups is 2. The van der Waals surface area contributed by atoms with Crippen LogP contribution in [0.2, 0.25) is 0 Å². The fourth-order valence-electron chi connectivity index (χ4n) is 4.23. The lowest BCUT2D eigenvalue weighted by atomic mass is 9.81.